The average molecular weight is 391 g/mol. The van der Waals surface area contributed by atoms with Crippen molar-refractivity contribution >= 4 is 22.5 Å². The summed E-state index contributed by atoms with van der Waals surface area (Å²) in [6.45, 7) is -0.221. The zero-order valence-corrected chi connectivity index (χ0v) is 14.2. The molecular weight excluding hydrogens is 378 g/mol. The Labute approximate surface area is 156 Å². The van der Waals surface area contributed by atoms with Gasteiger partial charge in [0.2, 0.25) is 0 Å². The molecule has 0 spiro atoms. The number of nitrogens with one attached hydrogen (secondary N) is 1. The molecular formula is C19H13F4N3O2. The second-order valence-electron chi connectivity index (χ2n) is 6.05. The van der Waals surface area contributed by atoms with Gasteiger partial charge in [-0.15, -0.1) is 0 Å². The number of hydrogen-bond donors (Lipinski definition) is 2. The number of aliphatic hydroxyl groups is 1. The van der Waals surface area contributed by atoms with Gasteiger partial charge in [0.05, 0.1) is 29.3 Å². The quantitative estimate of drug-likeness (QED) is 0.666. The molecule has 0 aliphatic heterocycles. The van der Waals surface area contributed by atoms with Crippen LogP contribution in [0.25, 0.3) is 10.9 Å². The molecule has 9 heteroatoms. The number of carbonyl (C=O) groups excluding carboxylic acids is 1. The van der Waals surface area contributed by atoms with Crippen molar-refractivity contribution < 1.29 is 27.5 Å². The first-order valence-electron chi connectivity index (χ1n) is 8.03. The fourth-order valence-electron chi connectivity index (χ4n) is 2.77. The van der Waals surface area contributed by atoms with Crippen LogP contribution in [0, 0.1) is 17.1 Å². The maximum absolute atomic E-state index is 13.4. The van der Waals surface area contributed by atoms with Gasteiger partial charge in [-0.1, -0.05) is 0 Å². The van der Waals surface area contributed by atoms with Crippen molar-refractivity contribution in [1.82, 2.24) is 4.57 Å². The highest BCUT2D eigenvalue weighted by molar-refractivity contribution is 5.94. The Morgan fingerprint density at radius 2 is 1.96 bits per heavy atom. The molecule has 2 N–H and O–H groups in total. The highest BCUT2D eigenvalue weighted by Crippen LogP contribution is 2.33. The SMILES string of the molecule is N#Cc1ccc(NC(=O)C(O)Cn2ccc3ccc(F)cc32)cc1C(F)(F)F. The molecule has 0 bridgehead atoms. The van der Waals surface area contributed by atoms with Gasteiger partial charge in [-0.05, 0) is 47.9 Å². The molecule has 3 aromatic rings. The molecule has 28 heavy (non-hydrogen) atoms. The minimum atomic E-state index is -4.77. The summed E-state index contributed by atoms with van der Waals surface area (Å²) in [4.78, 5) is 12.2. The first-order chi connectivity index (χ1) is 13.2. The summed E-state index contributed by atoms with van der Waals surface area (Å²) in [7, 11) is 0. The summed E-state index contributed by atoms with van der Waals surface area (Å²) < 4.78 is 53.9. The Balaban J connectivity index is 1.77. The summed E-state index contributed by atoms with van der Waals surface area (Å²) in [5, 5.41) is 21.8. The standard InChI is InChI=1S/C19H13F4N3O2/c20-13-3-1-11-5-6-26(16(11)7-13)10-17(27)18(28)25-14-4-2-12(9-24)15(8-14)19(21,22)23/h1-8,17,27H,10H2,(H,25,28). The maximum Gasteiger partial charge on any atom is 0.417 e. The summed E-state index contributed by atoms with van der Waals surface area (Å²) in [6, 6.07) is 9.89. The lowest BCUT2D eigenvalue weighted by Crippen LogP contribution is -2.31. The van der Waals surface area contributed by atoms with Gasteiger partial charge in [-0.25, -0.2) is 4.39 Å². The number of rotatable bonds is 4. The van der Waals surface area contributed by atoms with Gasteiger partial charge < -0.3 is 15.0 Å². The molecule has 2 aromatic carbocycles. The molecule has 1 aromatic heterocycles. The van der Waals surface area contributed by atoms with Crippen LogP contribution in [-0.2, 0) is 17.5 Å². The number of carbonyl (C=O) groups is 1. The third kappa shape index (κ3) is 3.97. The van der Waals surface area contributed by atoms with E-state index in [9.17, 15) is 27.5 Å². The van der Waals surface area contributed by atoms with Gasteiger partial charge in [0.15, 0.2) is 6.10 Å². The van der Waals surface area contributed by atoms with Crippen LogP contribution in [0.5, 0.6) is 0 Å². The molecule has 1 atom stereocenters. The van der Waals surface area contributed by atoms with Crippen molar-refractivity contribution in [3.8, 4) is 6.07 Å². The average Bonchev–Trinajstić information content (AvgIpc) is 3.02. The van der Waals surface area contributed by atoms with Crippen molar-refractivity contribution in [3.63, 3.8) is 0 Å². The number of benzene rings is 2. The van der Waals surface area contributed by atoms with Crippen LogP contribution in [0.1, 0.15) is 11.1 Å². The van der Waals surface area contributed by atoms with Crippen LogP contribution in [0.3, 0.4) is 0 Å². The Kier molecular flexibility index (Phi) is 5.07. The highest BCUT2D eigenvalue weighted by atomic mass is 19.4. The molecule has 1 heterocycles. The van der Waals surface area contributed by atoms with Crippen LogP contribution in [-0.4, -0.2) is 21.7 Å². The van der Waals surface area contributed by atoms with E-state index in [1.54, 1.807) is 18.3 Å². The number of amides is 1. The number of anilines is 1. The van der Waals surface area contributed by atoms with Crippen LogP contribution in [0.4, 0.5) is 23.2 Å². The maximum atomic E-state index is 13.4. The Morgan fingerprint density at radius 1 is 1.21 bits per heavy atom. The fraction of sp³-hybridized carbons (Fsp3) is 0.158. The second kappa shape index (κ2) is 7.32. The van der Waals surface area contributed by atoms with Gasteiger partial charge in [-0.2, -0.15) is 18.4 Å². The van der Waals surface area contributed by atoms with E-state index in [4.69, 9.17) is 5.26 Å². The molecule has 0 aliphatic rings. The van der Waals surface area contributed by atoms with Gasteiger partial charge in [0.25, 0.3) is 5.91 Å². The number of halogens is 4. The van der Waals surface area contributed by atoms with E-state index in [0.29, 0.717) is 17.0 Å². The lowest BCUT2D eigenvalue weighted by atomic mass is 10.1. The first-order valence-corrected chi connectivity index (χ1v) is 8.03. The smallest absolute Gasteiger partial charge is 0.381 e. The van der Waals surface area contributed by atoms with E-state index >= 15 is 0 Å². The normalized spacial score (nSPS) is 12.6. The molecule has 0 saturated carbocycles. The lowest BCUT2D eigenvalue weighted by molar-refractivity contribution is -0.137. The Morgan fingerprint density at radius 3 is 2.64 bits per heavy atom. The summed E-state index contributed by atoms with van der Waals surface area (Å²) in [6.07, 6.45) is -4.80. The summed E-state index contributed by atoms with van der Waals surface area (Å²) >= 11 is 0. The summed E-state index contributed by atoms with van der Waals surface area (Å²) in [5.74, 6) is -1.42. The van der Waals surface area contributed by atoms with E-state index in [1.807, 2.05) is 0 Å². The molecule has 0 radical (unpaired) electrons. The number of hydrogen-bond acceptors (Lipinski definition) is 3. The van der Waals surface area contributed by atoms with Gasteiger partial charge in [0.1, 0.15) is 5.82 Å². The second-order valence-corrected chi connectivity index (χ2v) is 6.05. The minimum Gasteiger partial charge on any atom is -0.381 e. The van der Waals surface area contributed by atoms with E-state index < -0.39 is 35.1 Å². The van der Waals surface area contributed by atoms with E-state index in [0.717, 1.165) is 12.1 Å². The monoisotopic (exact) mass is 391 g/mol. The molecule has 1 amide bonds. The van der Waals surface area contributed by atoms with E-state index in [2.05, 4.69) is 5.32 Å². The van der Waals surface area contributed by atoms with Crippen molar-refractivity contribution in [2.75, 3.05) is 5.32 Å². The van der Waals surface area contributed by atoms with Crippen LogP contribution < -0.4 is 5.32 Å². The number of nitriles is 1. The largest absolute Gasteiger partial charge is 0.417 e. The molecule has 1 unspecified atom stereocenters. The Bertz CT molecular complexity index is 1080. The van der Waals surface area contributed by atoms with Crippen molar-refractivity contribution in [3.05, 3.63) is 65.6 Å². The number of aromatic nitrogens is 1. The summed E-state index contributed by atoms with van der Waals surface area (Å²) in [5.41, 5.74) is -1.51. The minimum absolute atomic E-state index is 0.209. The third-order valence-corrected chi connectivity index (χ3v) is 4.12. The molecule has 0 aliphatic carbocycles. The molecule has 3 rings (SSSR count). The topological polar surface area (TPSA) is 78.1 Å². The van der Waals surface area contributed by atoms with Gasteiger partial charge in [0, 0.05) is 11.9 Å². The van der Waals surface area contributed by atoms with Crippen molar-refractivity contribution in [2.24, 2.45) is 0 Å². The molecule has 0 saturated heterocycles. The number of nitrogens with zero attached hydrogens (tertiary/aromatic N) is 2. The zero-order valence-electron chi connectivity index (χ0n) is 14.2. The first kappa shape index (κ1) is 19.4. The number of aliphatic hydroxyl groups excluding tert-OH is 1. The molecule has 0 fully saturated rings. The number of alkyl halides is 3. The third-order valence-electron chi connectivity index (χ3n) is 4.12. The van der Waals surface area contributed by atoms with Crippen molar-refractivity contribution in [1.29, 1.82) is 5.26 Å². The fourth-order valence-corrected chi connectivity index (χ4v) is 2.77. The van der Waals surface area contributed by atoms with Crippen molar-refractivity contribution in [2.45, 2.75) is 18.8 Å². The highest BCUT2D eigenvalue weighted by Gasteiger charge is 2.34. The lowest BCUT2D eigenvalue weighted by Gasteiger charge is -2.15. The van der Waals surface area contributed by atoms with Crippen LogP contribution >= 0.6 is 0 Å². The Hall–Kier alpha value is -3.38. The predicted molar refractivity (Wildman–Crippen MR) is 92.7 cm³/mol. The van der Waals surface area contributed by atoms with Crippen LogP contribution in [0.2, 0.25) is 0 Å². The van der Waals surface area contributed by atoms with Crippen LogP contribution in [0.15, 0.2) is 48.7 Å². The predicted octanol–water partition coefficient (Wildman–Crippen LogP) is 3.67. The molecule has 5 nitrogen and oxygen atoms in total. The molecule has 144 valence electrons. The van der Waals surface area contributed by atoms with E-state index in [-0.39, 0.29) is 12.2 Å². The zero-order chi connectivity index (χ0) is 20.5. The van der Waals surface area contributed by atoms with Gasteiger partial charge in [-0.3, -0.25) is 4.79 Å². The van der Waals surface area contributed by atoms with E-state index in [1.165, 1.54) is 22.8 Å². The number of fused-ring (bicyclic) bond motifs is 1. The van der Waals surface area contributed by atoms with Gasteiger partial charge >= 0.3 is 6.18 Å².